The lowest BCUT2D eigenvalue weighted by atomic mass is 10.1. The predicted octanol–water partition coefficient (Wildman–Crippen LogP) is 5.55. The summed E-state index contributed by atoms with van der Waals surface area (Å²) in [6.45, 7) is 6.19. The van der Waals surface area contributed by atoms with E-state index in [0.717, 1.165) is 12.8 Å². The number of carbonyl (C=O) groups excluding carboxylic acids is 2. The molecular weight excluding hydrogens is 404 g/mol. The van der Waals surface area contributed by atoms with E-state index in [1.54, 1.807) is 29.3 Å². The second-order valence-electron chi connectivity index (χ2n) is 8.28. The van der Waals surface area contributed by atoms with Gasteiger partial charge in [0.15, 0.2) is 11.4 Å². The van der Waals surface area contributed by atoms with Gasteiger partial charge in [0.25, 0.3) is 0 Å². The number of nitrogens with zero attached hydrogens (tertiary/aromatic N) is 2. The van der Waals surface area contributed by atoms with Gasteiger partial charge in [0.05, 0.1) is 6.04 Å². The van der Waals surface area contributed by atoms with E-state index in [4.69, 9.17) is 9.15 Å². The van der Waals surface area contributed by atoms with Crippen LogP contribution in [0.4, 0.5) is 4.79 Å². The summed E-state index contributed by atoms with van der Waals surface area (Å²) in [6, 6.07) is 12.5. The number of aromatic nitrogens is 1. The summed E-state index contributed by atoms with van der Waals surface area (Å²) >= 11 is 0. The number of amides is 1. The molecule has 30 heavy (non-hydrogen) atoms. The van der Waals surface area contributed by atoms with E-state index >= 15 is 0 Å². The molecule has 0 aliphatic carbocycles. The molecule has 2 aromatic heterocycles. The molecule has 0 spiro atoms. The van der Waals surface area contributed by atoms with Gasteiger partial charge < -0.3 is 9.15 Å². The number of ether oxygens (including phenoxy) is 1. The minimum atomic E-state index is -0.549. The van der Waals surface area contributed by atoms with Crippen molar-refractivity contribution in [3.63, 3.8) is 0 Å². The molecule has 0 radical (unpaired) electrons. The maximum atomic E-state index is 12.7. The summed E-state index contributed by atoms with van der Waals surface area (Å²) < 4.78 is 11.6. The Kier molecular flexibility index (Phi) is 6.17. The SMILES string of the molecule is CC(C)(C)OC(=O)N1CCC[C@@H]1c1cc2ncc(C(=O)c3ccccc3)cc2o1.Cl. The highest BCUT2D eigenvalue weighted by molar-refractivity contribution is 6.09. The molecule has 1 aromatic carbocycles. The van der Waals surface area contributed by atoms with Crippen LogP contribution in [0, 0.1) is 0 Å². The molecule has 7 heteroatoms. The Balaban J connectivity index is 0.00000256. The van der Waals surface area contributed by atoms with Crippen LogP contribution in [-0.2, 0) is 4.74 Å². The zero-order chi connectivity index (χ0) is 20.6. The molecule has 4 rings (SSSR count). The van der Waals surface area contributed by atoms with Gasteiger partial charge in [-0.2, -0.15) is 0 Å². The van der Waals surface area contributed by atoms with Crippen LogP contribution in [0.3, 0.4) is 0 Å². The standard InChI is InChI=1S/C23H24N2O4.ClH/c1-23(2,3)29-22(27)25-11-7-10-18(25)20-13-17-19(28-20)12-16(14-24-17)21(26)15-8-5-4-6-9-15;/h4-6,8-9,12-14,18H,7,10-11H2,1-3H3;1H/t18-;/m1./s1. The van der Waals surface area contributed by atoms with Gasteiger partial charge in [0.1, 0.15) is 16.9 Å². The van der Waals surface area contributed by atoms with Crippen molar-refractivity contribution in [3.8, 4) is 0 Å². The Morgan fingerprint density at radius 2 is 1.87 bits per heavy atom. The van der Waals surface area contributed by atoms with Crippen LogP contribution >= 0.6 is 12.4 Å². The molecule has 1 saturated heterocycles. The molecule has 1 atom stereocenters. The van der Waals surface area contributed by atoms with E-state index in [2.05, 4.69) is 4.98 Å². The fourth-order valence-corrected chi connectivity index (χ4v) is 3.58. The number of carbonyl (C=O) groups is 2. The van der Waals surface area contributed by atoms with Crippen LogP contribution in [0.15, 0.2) is 53.1 Å². The Labute approximate surface area is 181 Å². The first kappa shape index (κ1) is 21.8. The molecule has 0 bridgehead atoms. The lowest BCUT2D eigenvalue weighted by Crippen LogP contribution is -2.36. The summed E-state index contributed by atoms with van der Waals surface area (Å²) in [5.74, 6) is 0.564. The van der Waals surface area contributed by atoms with E-state index in [-0.39, 0.29) is 30.3 Å². The summed E-state index contributed by atoms with van der Waals surface area (Å²) in [6.07, 6.45) is 2.91. The number of halogens is 1. The number of furan rings is 1. The zero-order valence-electron chi connectivity index (χ0n) is 17.3. The molecule has 0 saturated carbocycles. The molecule has 0 N–H and O–H groups in total. The summed E-state index contributed by atoms with van der Waals surface area (Å²) in [5.41, 5.74) is 1.73. The smallest absolute Gasteiger partial charge is 0.410 e. The van der Waals surface area contributed by atoms with Crippen molar-refractivity contribution >= 4 is 35.4 Å². The summed E-state index contributed by atoms with van der Waals surface area (Å²) in [5, 5.41) is 0. The largest absolute Gasteiger partial charge is 0.457 e. The normalized spacial score (nSPS) is 16.4. The first-order valence-corrected chi connectivity index (χ1v) is 9.81. The van der Waals surface area contributed by atoms with Crippen LogP contribution in [-0.4, -0.2) is 33.9 Å². The van der Waals surface area contributed by atoms with Crippen molar-refractivity contribution in [1.29, 1.82) is 0 Å². The first-order valence-electron chi connectivity index (χ1n) is 9.81. The number of pyridine rings is 1. The average molecular weight is 429 g/mol. The third-order valence-corrected chi connectivity index (χ3v) is 4.90. The molecule has 1 aliphatic heterocycles. The predicted molar refractivity (Wildman–Crippen MR) is 116 cm³/mol. The van der Waals surface area contributed by atoms with E-state index < -0.39 is 5.60 Å². The van der Waals surface area contributed by atoms with Gasteiger partial charge in [-0.3, -0.25) is 14.7 Å². The molecule has 3 heterocycles. The van der Waals surface area contributed by atoms with Crippen LogP contribution in [0.2, 0.25) is 0 Å². The Bertz CT molecular complexity index is 1060. The van der Waals surface area contributed by atoms with Crippen molar-refractivity contribution in [2.75, 3.05) is 6.54 Å². The first-order chi connectivity index (χ1) is 13.8. The topological polar surface area (TPSA) is 72.6 Å². The fourth-order valence-electron chi connectivity index (χ4n) is 3.58. The molecule has 1 amide bonds. The zero-order valence-corrected chi connectivity index (χ0v) is 18.1. The molecule has 1 fully saturated rings. The summed E-state index contributed by atoms with van der Waals surface area (Å²) in [7, 11) is 0. The van der Waals surface area contributed by atoms with Crippen molar-refractivity contribution in [3.05, 3.63) is 65.5 Å². The third kappa shape index (κ3) is 4.49. The maximum Gasteiger partial charge on any atom is 0.410 e. The quantitative estimate of drug-likeness (QED) is 0.511. The maximum absolute atomic E-state index is 12.7. The van der Waals surface area contributed by atoms with E-state index in [0.29, 0.717) is 34.5 Å². The molecule has 158 valence electrons. The van der Waals surface area contributed by atoms with Gasteiger partial charge in [-0.15, -0.1) is 12.4 Å². The molecule has 6 nitrogen and oxygen atoms in total. The van der Waals surface area contributed by atoms with Gasteiger partial charge in [-0.1, -0.05) is 30.3 Å². The van der Waals surface area contributed by atoms with Crippen molar-refractivity contribution in [1.82, 2.24) is 9.88 Å². The summed E-state index contributed by atoms with van der Waals surface area (Å²) in [4.78, 5) is 31.3. The highest BCUT2D eigenvalue weighted by Gasteiger charge is 2.35. The van der Waals surface area contributed by atoms with E-state index in [9.17, 15) is 9.59 Å². The van der Waals surface area contributed by atoms with E-state index in [1.807, 2.05) is 45.0 Å². The minimum absolute atomic E-state index is 0. The average Bonchev–Trinajstić information content (AvgIpc) is 3.32. The van der Waals surface area contributed by atoms with Crippen molar-refractivity contribution in [2.45, 2.75) is 45.3 Å². The van der Waals surface area contributed by atoms with Gasteiger partial charge in [-0.25, -0.2) is 4.79 Å². The van der Waals surface area contributed by atoms with Crippen molar-refractivity contribution in [2.24, 2.45) is 0 Å². The van der Waals surface area contributed by atoms with Crippen LogP contribution in [0.1, 0.15) is 61.3 Å². The lowest BCUT2D eigenvalue weighted by molar-refractivity contribution is 0.0209. The van der Waals surface area contributed by atoms with E-state index in [1.165, 1.54) is 0 Å². The van der Waals surface area contributed by atoms with Gasteiger partial charge in [-0.05, 0) is 39.7 Å². The number of benzene rings is 1. The highest BCUT2D eigenvalue weighted by Crippen LogP contribution is 2.36. The molecule has 3 aromatic rings. The number of likely N-dealkylation sites (tertiary alicyclic amines) is 1. The van der Waals surface area contributed by atoms with Crippen LogP contribution in [0.5, 0.6) is 0 Å². The Morgan fingerprint density at radius 3 is 2.57 bits per heavy atom. The minimum Gasteiger partial charge on any atom is -0.457 e. The lowest BCUT2D eigenvalue weighted by Gasteiger charge is -2.27. The molecule has 0 unspecified atom stereocenters. The molecular formula is C23H25ClN2O4. The monoisotopic (exact) mass is 428 g/mol. The fraction of sp³-hybridized carbons (Fsp3) is 0.348. The van der Waals surface area contributed by atoms with Gasteiger partial charge >= 0.3 is 6.09 Å². The van der Waals surface area contributed by atoms with Crippen LogP contribution < -0.4 is 0 Å². The number of hydrogen-bond acceptors (Lipinski definition) is 5. The molecule has 1 aliphatic rings. The number of fused-ring (bicyclic) bond motifs is 1. The van der Waals surface area contributed by atoms with Crippen molar-refractivity contribution < 1.29 is 18.7 Å². The number of ketones is 1. The third-order valence-electron chi connectivity index (χ3n) is 4.90. The number of hydrogen-bond donors (Lipinski definition) is 0. The number of rotatable bonds is 3. The highest BCUT2D eigenvalue weighted by atomic mass is 35.5. The second kappa shape index (κ2) is 8.48. The van der Waals surface area contributed by atoms with Crippen LogP contribution in [0.25, 0.3) is 11.1 Å². The van der Waals surface area contributed by atoms with Gasteiger partial charge in [0.2, 0.25) is 0 Å². The Morgan fingerprint density at radius 1 is 1.13 bits per heavy atom. The van der Waals surface area contributed by atoms with Gasteiger partial charge in [0, 0.05) is 29.9 Å². The Hall–Kier alpha value is -2.86. The second-order valence-corrected chi connectivity index (χ2v) is 8.28.